The number of hydrogen-bond acceptors (Lipinski definition) is 7. The van der Waals surface area contributed by atoms with E-state index in [0.29, 0.717) is 29.4 Å². The zero-order valence-corrected chi connectivity index (χ0v) is 30.7. The molecule has 0 saturated carbocycles. The van der Waals surface area contributed by atoms with Gasteiger partial charge >= 0.3 is 0 Å². The van der Waals surface area contributed by atoms with Crippen LogP contribution in [0.1, 0.15) is 24.2 Å². The van der Waals surface area contributed by atoms with Crippen LogP contribution < -0.4 is 20.4 Å². The van der Waals surface area contributed by atoms with E-state index in [9.17, 15) is 4.79 Å². The molecule has 6 nitrogen and oxygen atoms in total. The molecule has 2 N–H and O–H groups in total. The van der Waals surface area contributed by atoms with Crippen molar-refractivity contribution in [3.8, 4) is 0 Å². The molecule has 0 spiro atoms. The first-order valence-electron chi connectivity index (χ1n) is 16.5. The van der Waals surface area contributed by atoms with Crippen LogP contribution in [0.2, 0.25) is 0 Å². The number of amides is 1. The molecule has 5 aromatic rings. The Bertz CT molecular complexity index is 1770. The van der Waals surface area contributed by atoms with Gasteiger partial charge in [0.1, 0.15) is 0 Å². The predicted octanol–water partition coefficient (Wildman–Crippen LogP) is 9.24. The van der Waals surface area contributed by atoms with Crippen LogP contribution in [0.5, 0.6) is 0 Å². The van der Waals surface area contributed by atoms with Crippen LogP contribution in [-0.2, 0) is 0 Å². The van der Waals surface area contributed by atoms with Crippen molar-refractivity contribution in [1.29, 1.82) is 0 Å². The van der Waals surface area contributed by atoms with E-state index in [-0.39, 0.29) is 5.91 Å². The quantitative estimate of drug-likeness (QED) is 0.0405. The Labute approximate surface area is 303 Å². The number of carbonyl (C=O) groups excluding carboxylic acids is 1. The zero-order valence-electron chi connectivity index (χ0n) is 27.6. The van der Waals surface area contributed by atoms with Gasteiger partial charge in [-0.25, -0.2) is 4.98 Å². The lowest BCUT2D eigenvalue weighted by molar-refractivity contribution is 0.0957. The highest BCUT2D eigenvalue weighted by Crippen LogP contribution is 2.33. The molecule has 1 aromatic heterocycles. The largest absolute Gasteiger partial charge is 0.383 e. The molecule has 0 bridgehead atoms. The molecule has 0 aliphatic rings. The molecular formula is C38H43Cl2N5OS2. The number of rotatable bonds is 18. The van der Waals surface area contributed by atoms with E-state index < -0.39 is 0 Å². The number of carbonyl (C=O) groups is 1. The van der Waals surface area contributed by atoms with E-state index in [1.165, 1.54) is 21.2 Å². The number of nitrogens with zero attached hydrogens (tertiary/aromatic N) is 3. The van der Waals surface area contributed by atoms with Crippen LogP contribution in [0.4, 0.5) is 17.1 Å². The maximum absolute atomic E-state index is 13.5. The second-order valence-corrected chi connectivity index (χ2v) is 14.2. The summed E-state index contributed by atoms with van der Waals surface area (Å²) >= 11 is 15.5. The Kier molecular flexibility index (Phi) is 13.8. The van der Waals surface area contributed by atoms with Gasteiger partial charge in [0.15, 0.2) is 0 Å². The third kappa shape index (κ3) is 9.23. The third-order valence-electron chi connectivity index (χ3n) is 8.16. The number of benzene rings is 4. The summed E-state index contributed by atoms with van der Waals surface area (Å²) < 4.78 is 0. The van der Waals surface area contributed by atoms with Gasteiger partial charge in [-0.3, -0.25) is 4.79 Å². The summed E-state index contributed by atoms with van der Waals surface area (Å²) in [5, 5.41) is 8.79. The van der Waals surface area contributed by atoms with Crippen LogP contribution in [0.15, 0.2) is 101 Å². The molecule has 4 aromatic carbocycles. The van der Waals surface area contributed by atoms with Crippen LogP contribution >= 0.6 is 46.7 Å². The fourth-order valence-corrected chi connectivity index (χ4v) is 7.66. The van der Waals surface area contributed by atoms with Gasteiger partial charge < -0.3 is 20.4 Å². The van der Waals surface area contributed by atoms with Gasteiger partial charge in [0.25, 0.3) is 5.91 Å². The average molecular weight is 721 g/mol. The van der Waals surface area contributed by atoms with E-state index in [1.807, 2.05) is 48.2 Å². The Morgan fingerprint density at radius 2 is 1.27 bits per heavy atom. The molecular weight excluding hydrogens is 677 g/mol. The summed E-state index contributed by atoms with van der Waals surface area (Å²) in [6.07, 6.45) is 0. The topological polar surface area (TPSA) is 60.5 Å². The van der Waals surface area contributed by atoms with Gasteiger partial charge in [-0.05, 0) is 74.5 Å². The van der Waals surface area contributed by atoms with Gasteiger partial charge in [0.2, 0.25) is 0 Å². The molecule has 0 aliphatic carbocycles. The Balaban J connectivity index is 1.22. The Morgan fingerprint density at radius 3 is 1.85 bits per heavy atom. The number of anilines is 3. The second-order valence-electron chi connectivity index (χ2n) is 11.1. The summed E-state index contributed by atoms with van der Waals surface area (Å²) in [6, 6.07) is 31.2. The normalized spacial score (nSPS) is 11.2. The first-order chi connectivity index (χ1) is 23.6. The fourth-order valence-electron chi connectivity index (χ4n) is 5.71. The maximum Gasteiger partial charge on any atom is 0.253 e. The number of alkyl halides is 2. The van der Waals surface area contributed by atoms with Crippen molar-refractivity contribution in [2.75, 3.05) is 77.7 Å². The highest BCUT2D eigenvalue weighted by molar-refractivity contribution is 7.99. The van der Waals surface area contributed by atoms with E-state index in [1.54, 1.807) is 11.8 Å². The van der Waals surface area contributed by atoms with Crippen LogP contribution in [0.3, 0.4) is 0 Å². The molecule has 48 heavy (non-hydrogen) atoms. The minimum Gasteiger partial charge on any atom is -0.383 e. The third-order valence-corrected chi connectivity index (χ3v) is 10.5. The highest BCUT2D eigenvalue weighted by atomic mass is 35.5. The van der Waals surface area contributed by atoms with Crippen molar-refractivity contribution in [3.63, 3.8) is 0 Å². The first-order valence-corrected chi connectivity index (χ1v) is 19.5. The molecule has 1 heterocycles. The lowest BCUT2D eigenvalue weighted by Gasteiger charge is -2.22. The number of pyridine rings is 1. The first kappa shape index (κ1) is 36.0. The van der Waals surface area contributed by atoms with E-state index in [4.69, 9.17) is 28.2 Å². The van der Waals surface area contributed by atoms with Crippen molar-refractivity contribution < 1.29 is 4.79 Å². The molecule has 5 rings (SSSR count). The molecule has 0 atom stereocenters. The summed E-state index contributed by atoms with van der Waals surface area (Å²) in [5.74, 6) is 2.76. The Morgan fingerprint density at radius 1 is 0.708 bits per heavy atom. The lowest BCUT2D eigenvalue weighted by atomic mass is 10.0. The molecule has 252 valence electrons. The molecule has 0 radical (unpaired) electrons. The molecule has 0 fully saturated rings. The molecule has 0 unspecified atom stereocenters. The smallest absolute Gasteiger partial charge is 0.253 e. The van der Waals surface area contributed by atoms with Gasteiger partial charge in [0, 0.05) is 94.5 Å². The minimum absolute atomic E-state index is 0.114. The number of halogens is 2. The van der Waals surface area contributed by atoms with Crippen molar-refractivity contribution >= 4 is 91.5 Å². The number of nitrogens with one attached hydrogen (secondary N) is 2. The van der Waals surface area contributed by atoms with Crippen molar-refractivity contribution in [2.45, 2.75) is 23.6 Å². The predicted molar refractivity (Wildman–Crippen MR) is 212 cm³/mol. The van der Waals surface area contributed by atoms with Gasteiger partial charge in [-0.2, -0.15) is 0 Å². The molecule has 0 aliphatic heterocycles. The molecule has 1 amide bonds. The van der Waals surface area contributed by atoms with Crippen molar-refractivity contribution in [1.82, 2.24) is 10.3 Å². The van der Waals surface area contributed by atoms with Gasteiger partial charge in [-0.15, -0.1) is 46.7 Å². The van der Waals surface area contributed by atoms with Crippen LogP contribution in [0.25, 0.3) is 21.8 Å². The summed E-state index contributed by atoms with van der Waals surface area (Å²) in [5.41, 5.74) is 5.53. The van der Waals surface area contributed by atoms with Crippen molar-refractivity contribution in [3.05, 3.63) is 96.6 Å². The molecule has 10 heteroatoms. The number of para-hydroxylation sites is 2. The average Bonchev–Trinajstić information content (AvgIpc) is 3.13. The SMILES string of the molecule is CCN(CCCl)c1ccc(SCCNC(=O)c2cccc3c(NCCSc4ccc(N(CC)CCCl)cc4)c4ccccc4nc23)cc1. The monoisotopic (exact) mass is 719 g/mol. The van der Waals surface area contributed by atoms with Crippen LogP contribution in [-0.4, -0.2) is 73.4 Å². The Hall–Kier alpha value is -3.30. The lowest BCUT2D eigenvalue weighted by Crippen LogP contribution is -2.26. The number of fused-ring (bicyclic) bond motifs is 2. The zero-order chi connectivity index (χ0) is 33.7. The maximum atomic E-state index is 13.5. The summed E-state index contributed by atoms with van der Waals surface area (Å²) in [7, 11) is 0. The summed E-state index contributed by atoms with van der Waals surface area (Å²) in [6.45, 7) is 9.12. The van der Waals surface area contributed by atoms with E-state index in [0.717, 1.165) is 66.2 Å². The number of hydrogen-bond donors (Lipinski definition) is 2. The number of thioether (sulfide) groups is 2. The second kappa shape index (κ2) is 18.5. The van der Waals surface area contributed by atoms with Gasteiger partial charge in [-0.1, -0.05) is 30.3 Å². The summed E-state index contributed by atoms with van der Waals surface area (Å²) in [4.78, 5) is 25.4. The van der Waals surface area contributed by atoms with Crippen molar-refractivity contribution in [2.24, 2.45) is 0 Å². The van der Waals surface area contributed by atoms with Gasteiger partial charge in [0.05, 0.1) is 22.3 Å². The fraction of sp³-hybridized carbons (Fsp3) is 0.316. The highest BCUT2D eigenvalue weighted by Gasteiger charge is 2.16. The minimum atomic E-state index is -0.114. The number of aromatic nitrogens is 1. The van der Waals surface area contributed by atoms with E-state index >= 15 is 0 Å². The van der Waals surface area contributed by atoms with E-state index in [2.05, 4.69) is 88.9 Å². The van der Waals surface area contributed by atoms with Crippen LogP contribution in [0, 0.1) is 0 Å². The molecule has 0 saturated heterocycles. The standard InChI is InChI=1S/C38H43Cl2N5OS2/c1-3-44(24-20-39)28-12-16-30(17-13-28)47-26-22-41-36-32-8-5-6-11-35(32)43-37-33(36)9-7-10-34(37)38(46)42-23-27-48-31-18-14-29(15-19-31)45(4-2)25-21-40/h5-19H,3-4,20-27H2,1-2H3,(H,41,43)(H,42,46).